The van der Waals surface area contributed by atoms with Crippen molar-refractivity contribution < 1.29 is 9.59 Å². The Balaban J connectivity index is 1.52. The first-order valence-corrected chi connectivity index (χ1v) is 12.1. The second kappa shape index (κ2) is 11.3. The summed E-state index contributed by atoms with van der Waals surface area (Å²) in [5.74, 6) is 1.07. The van der Waals surface area contributed by atoms with Crippen LogP contribution >= 0.6 is 0 Å². The largest absolute Gasteiger partial charge is 0.353 e. The number of piperidine rings is 1. The molecule has 1 aliphatic carbocycles. The number of nitrogens with one attached hydrogen (secondary N) is 1. The fourth-order valence-corrected chi connectivity index (χ4v) is 5.28. The van der Waals surface area contributed by atoms with Crippen molar-refractivity contribution in [3.8, 4) is 0 Å². The van der Waals surface area contributed by atoms with E-state index in [9.17, 15) is 9.59 Å². The Bertz CT molecular complexity index is 521. The van der Waals surface area contributed by atoms with Gasteiger partial charge in [-0.3, -0.25) is 14.5 Å². The zero-order chi connectivity index (χ0) is 20.6. The highest BCUT2D eigenvalue weighted by molar-refractivity contribution is 5.82. The number of nitrogens with zero attached hydrogens (tertiary/aromatic N) is 3. The van der Waals surface area contributed by atoms with E-state index in [1.165, 1.54) is 45.2 Å². The molecule has 3 rings (SSSR count). The van der Waals surface area contributed by atoms with Crippen LogP contribution in [0.5, 0.6) is 0 Å². The molecular formula is C23H42N4O2. The maximum absolute atomic E-state index is 13.2. The van der Waals surface area contributed by atoms with E-state index in [-0.39, 0.29) is 23.8 Å². The lowest BCUT2D eigenvalue weighted by Gasteiger charge is -2.41. The Morgan fingerprint density at radius 3 is 2.21 bits per heavy atom. The van der Waals surface area contributed by atoms with E-state index in [0.29, 0.717) is 5.92 Å². The number of hydrogen-bond donors (Lipinski definition) is 1. The van der Waals surface area contributed by atoms with Gasteiger partial charge in [0.15, 0.2) is 0 Å². The molecule has 29 heavy (non-hydrogen) atoms. The minimum Gasteiger partial charge on any atom is -0.353 e. The molecule has 3 aliphatic rings. The molecule has 0 spiro atoms. The molecule has 6 nitrogen and oxygen atoms in total. The molecule has 2 heterocycles. The van der Waals surface area contributed by atoms with Gasteiger partial charge in [0.2, 0.25) is 11.8 Å². The van der Waals surface area contributed by atoms with Crippen molar-refractivity contribution in [2.75, 3.05) is 52.4 Å². The summed E-state index contributed by atoms with van der Waals surface area (Å²) in [6.07, 6.45) is 9.63. The second-order valence-corrected chi connectivity index (χ2v) is 9.35. The third kappa shape index (κ3) is 6.17. The summed E-state index contributed by atoms with van der Waals surface area (Å²) in [6.45, 7) is 11.3. The Morgan fingerprint density at radius 1 is 0.931 bits per heavy atom. The number of rotatable bonds is 8. The molecule has 1 N–H and O–H groups in total. The normalized spacial score (nSPS) is 24.4. The SMILES string of the molecule is CCC(C)C(=O)N1CCN(C(C(=O)NCCN2CCCCC2)C2CCCC2)CC1. The highest BCUT2D eigenvalue weighted by Crippen LogP contribution is 2.31. The minimum atomic E-state index is -0.0142. The van der Waals surface area contributed by atoms with Crippen molar-refractivity contribution in [2.45, 2.75) is 71.3 Å². The van der Waals surface area contributed by atoms with Crippen molar-refractivity contribution in [1.82, 2.24) is 20.0 Å². The highest BCUT2D eigenvalue weighted by atomic mass is 16.2. The van der Waals surface area contributed by atoms with Gasteiger partial charge in [0.05, 0.1) is 6.04 Å². The van der Waals surface area contributed by atoms with Gasteiger partial charge in [0, 0.05) is 45.2 Å². The number of hydrogen-bond acceptors (Lipinski definition) is 4. The summed E-state index contributed by atoms with van der Waals surface area (Å²) in [7, 11) is 0. The molecule has 166 valence electrons. The van der Waals surface area contributed by atoms with Gasteiger partial charge in [0.1, 0.15) is 0 Å². The first-order chi connectivity index (χ1) is 14.1. The highest BCUT2D eigenvalue weighted by Gasteiger charge is 2.37. The van der Waals surface area contributed by atoms with Crippen LogP contribution in [0.3, 0.4) is 0 Å². The van der Waals surface area contributed by atoms with E-state index >= 15 is 0 Å². The molecule has 0 aromatic rings. The number of amides is 2. The van der Waals surface area contributed by atoms with Crippen LogP contribution in [0.1, 0.15) is 65.2 Å². The Kier molecular flexibility index (Phi) is 8.79. The molecule has 0 aromatic carbocycles. The van der Waals surface area contributed by atoms with Crippen LogP contribution in [0, 0.1) is 11.8 Å². The van der Waals surface area contributed by atoms with Crippen molar-refractivity contribution in [2.24, 2.45) is 11.8 Å². The quantitative estimate of drug-likeness (QED) is 0.672. The molecule has 2 amide bonds. The van der Waals surface area contributed by atoms with Crippen LogP contribution in [-0.4, -0.2) is 84.9 Å². The van der Waals surface area contributed by atoms with Gasteiger partial charge in [-0.15, -0.1) is 0 Å². The average molecular weight is 407 g/mol. The predicted octanol–water partition coefficient (Wildman–Crippen LogP) is 2.34. The van der Waals surface area contributed by atoms with E-state index in [0.717, 1.165) is 58.5 Å². The van der Waals surface area contributed by atoms with Crippen LogP contribution in [0.4, 0.5) is 0 Å². The lowest BCUT2D eigenvalue weighted by molar-refractivity contribution is -0.138. The van der Waals surface area contributed by atoms with Gasteiger partial charge in [-0.25, -0.2) is 0 Å². The maximum Gasteiger partial charge on any atom is 0.237 e. The molecular weight excluding hydrogens is 364 g/mol. The number of carbonyl (C=O) groups excluding carboxylic acids is 2. The Labute approximate surface area is 177 Å². The summed E-state index contributed by atoms with van der Waals surface area (Å²) >= 11 is 0. The van der Waals surface area contributed by atoms with Gasteiger partial charge in [-0.05, 0) is 51.1 Å². The molecule has 2 unspecified atom stereocenters. The summed E-state index contributed by atoms with van der Waals surface area (Å²) in [5.41, 5.74) is 0. The summed E-state index contributed by atoms with van der Waals surface area (Å²) in [4.78, 5) is 32.6. The Morgan fingerprint density at radius 2 is 1.59 bits per heavy atom. The molecule has 6 heteroatoms. The van der Waals surface area contributed by atoms with Gasteiger partial charge in [-0.2, -0.15) is 0 Å². The monoisotopic (exact) mass is 406 g/mol. The first kappa shape index (κ1) is 22.5. The molecule has 2 aliphatic heterocycles. The van der Waals surface area contributed by atoms with Gasteiger partial charge in [0.25, 0.3) is 0 Å². The van der Waals surface area contributed by atoms with E-state index in [1.807, 2.05) is 11.8 Å². The molecule has 1 saturated carbocycles. The van der Waals surface area contributed by atoms with E-state index in [2.05, 4.69) is 22.0 Å². The lowest BCUT2D eigenvalue weighted by atomic mass is 9.94. The fraction of sp³-hybridized carbons (Fsp3) is 0.913. The van der Waals surface area contributed by atoms with Crippen molar-refractivity contribution in [3.05, 3.63) is 0 Å². The summed E-state index contributed by atoms with van der Waals surface area (Å²) in [5, 5.41) is 3.26. The number of piperazine rings is 1. The lowest BCUT2D eigenvalue weighted by Crippen LogP contribution is -2.58. The molecule has 0 bridgehead atoms. The number of likely N-dealkylation sites (tertiary alicyclic amines) is 1. The number of carbonyl (C=O) groups is 2. The van der Waals surface area contributed by atoms with E-state index in [1.54, 1.807) is 0 Å². The molecule has 2 saturated heterocycles. The molecule has 2 atom stereocenters. The topological polar surface area (TPSA) is 55.9 Å². The predicted molar refractivity (Wildman–Crippen MR) is 117 cm³/mol. The molecule has 0 aromatic heterocycles. The van der Waals surface area contributed by atoms with E-state index in [4.69, 9.17) is 0 Å². The van der Waals surface area contributed by atoms with Crippen LogP contribution in [0.25, 0.3) is 0 Å². The first-order valence-electron chi connectivity index (χ1n) is 12.1. The van der Waals surface area contributed by atoms with Crippen molar-refractivity contribution >= 4 is 11.8 Å². The van der Waals surface area contributed by atoms with Crippen molar-refractivity contribution in [1.29, 1.82) is 0 Å². The van der Waals surface area contributed by atoms with Gasteiger partial charge in [-0.1, -0.05) is 33.1 Å². The minimum absolute atomic E-state index is 0.0142. The zero-order valence-corrected chi connectivity index (χ0v) is 18.7. The summed E-state index contributed by atoms with van der Waals surface area (Å²) in [6, 6.07) is -0.0142. The molecule has 0 radical (unpaired) electrons. The van der Waals surface area contributed by atoms with Crippen LogP contribution in [0.2, 0.25) is 0 Å². The van der Waals surface area contributed by atoms with Crippen LogP contribution < -0.4 is 5.32 Å². The van der Waals surface area contributed by atoms with Crippen LogP contribution in [0.15, 0.2) is 0 Å². The van der Waals surface area contributed by atoms with Gasteiger partial charge < -0.3 is 15.1 Å². The standard InChI is InChI=1S/C23H42N4O2/c1-3-19(2)23(29)27-17-15-26(16-18-27)21(20-9-5-6-10-20)22(28)24-11-14-25-12-7-4-8-13-25/h19-21H,3-18H2,1-2H3,(H,24,28). The van der Waals surface area contributed by atoms with E-state index < -0.39 is 0 Å². The third-order valence-electron chi connectivity index (χ3n) is 7.34. The zero-order valence-electron chi connectivity index (χ0n) is 18.7. The third-order valence-corrected chi connectivity index (χ3v) is 7.34. The van der Waals surface area contributed by atoms with Crippen LogP contribution in [-0.2, 0) is 9.59 Å². The second-order valence-electron chi connectivity index (χ2n) is 9.35. The van der Waals surface area contributed by atoms with Crippen molar-refractivity contribution in [3.63, 3.8) is 0 Å². The fourth-order valence-electron chi connectivity index (χ4n) is 5.28. The smallest absolute Gasteiger partial charge is 0.237 e. The van der Waals surface area contributed by atoms with Gasteiger partial charge >= 0.3 is 0 Å². The summed E-state index contributed by atoms with van der Waals surface area (Å²) < 4.78 is 0. The Hall–Kier alpha value is -1.14. The molecule has 3 fully saturated rings. The maximum atomic E-state index is 13.2. The average Bonchev–Trinajstić information content (AvgIpc) is 3.28.